The van der Waals surface area contributed by atoms with Crippen molar-refractivity contribution in [3.05, 3.63) is 35.6 Å². The molecule has 1 saturated heterocycles. The molecular formula is C29H44N2O8. The van der Waals surface area contributed by atoms with Crippen LogP contribution in [0.3, 0.4) is 0 Å². The van der Waals surface area contributed by atoms with Crippen LogP contribution in [0, 0.1) is 17.8 Å². The summed E-state index contributed by atoms with van der Waals surface area (Å²) in [7, 11) is 0. The van der Waals surface area contributed by atoms with Crippen molar-refractivity contribution in [2.75, 3.05) is 72.6 Å². The first kappa shape index (κ1) is 29.6. The van der Waals surface area contributed by atoms with E-state index in [-0.39, 0.29) is 31.1 Å². The average molecular weight is 549 g/mol. The third-order valence-electron chi connectivity index (χ3n) is 7.45. The summed E-state index contributed by atoms with van der Waals surface area (Å²) in [6.45, 7) is 12.5. The monoisotopic (exact) mass is 548 g/mol. The summed E-state index contributed by atoms with van der Waals surface area (Å²) in [6.07, 6.45) is 2.27. The maximum absolute atomic E-state index is 13.5. The van der Waals surface area contributed by atoms with Crippen LogP contribution < -0.4 is 9.47 Å². The molecule has 39 heavy (non-hydrogen) atoms. The van der Waals surface area contributed by atoms with Gasteiger partial charge >= 0.3 is 0 Å². The quantitative estimate of drug-likeness (QED) is 0.352. The molecule has 0 aromatic heterocycles. The summed E-state index contributed by atoms with van der Waals surface area (Å²) in [4.78, 5) is 17.8. The van der Waals surface area contributed by atoms with Gasteiger partial charge in [0.15, 0.2) is 17.3 Å². The first-order valence-electron chi connectivity index (χ1n) is 14.2. The van der Waals surface area contributed by atoms with Crippen molar-refractivity contribution in [3.8, 4) is 11.5 Å². The molecule has 4 rings (SSSR count). The van der Waals surface area contributed by atoms with Gasteiger partial charge in [-0.3, -0.25) is 9.69 Å². The summed E-state index contributed by atoms with van der Waals surface area (Å²) in [5, 5.41) is 8.80. The molecule has 0 saturated carbocycles. The predicted molar refractivity (Wildman–Crippen MR) is 144 cm³/mol. The molecule has 0 unspecified atom stereocenters. The highest BCUT2D eigenvalue weighted by atomic mass is 16.7. The summed E-state index contributed by atoms with van der Waals surface area (Å²) in [5.41, 5.74) is 1.17. The van der Waals surface area contributed by atoms with Crippen LogP contribution in [0.15, 0.2) is 30.0 Å². The zero-order chi connectivity index (χ0) is 27.6. The molecule has 1 N–H and O–H groups in total. The van der Waals surface area contributed by atoms with Gasteiger partial charge in [0.2, 0.25) is 13.1 Å². The zero-order valence-corrected chi connectivity index (χ0v) is 23.5. The smallest absolute Gasteiger partial charge is 0.288 e. The van der Waals surface area contributed by atoms with E-state index in [9.17, 15) is 4.79 Å². The van der Waals surface area contributed by atoms with Crippen LogP contribution >= 0.6 is 0 Å². The lowest BCUT2D eigenvalue weighted by Gasteiger charge is -2.40. The number of rotatable bonds is 14. The van der Waals surface area contributed by atoms with Crippen LogP contribution in [0.5, 0.6) is 11.5 Å². The summed E-state index contributed by atoms with van der Waals surface area (Å²) in [5.74, 6) is 2.45. The molecule has 10 nitrogen and oxygen atoms in total. The second-order valence-electron chi connectivity index (χ2n) is 10.5. The van der Waals surface area contributed by atoms with E-state index < -0.39 is 6.29 Å². The largest absolute Gasteiger partial charge is 0.459 e. The highest BCUT2D eigenvalue weighted by Gasteiger charge is 2.39. The van der Waals surface area contributed by atoms with Gasteiger partial charge in [0, 0.05) is 51.9 Å². The van der Waals surface area contributed by atoms with Gasteiger partial charge in [-0.1, -0.05) is 19.9 Å². The number of benzene rings is 1. The van der Waals surface area contributed by atoms with Crippen LogP contribution in [-0.2, 0) is 30.3 Å². The van der Waals surface area contributed by atoms with E-state index >= 15 is 0 Å². The summed E-state index contributed by atoms with van der Waals surface area (Å²) in [6, 6.07) is 6.06. The molecule has 1 fully saturated rings. The molecule has 10 heteroatoms. The zero-order valence-electron chi connectivity index (χ0n) is 23.5. The van der Waals surface area contributed by atoms with E-state index in [1.807, 2.05) is 30.0 Å². The third kappa shape index (κ3) is 8.08. The molecule has 1 amide bonds. The Hall–Kier alpha value is -2.37. The Morgan fingerprint density at radius 2 is 1.79 bits per heavy atom. The van der Waals surface area contributed by atoms with Gasteiger partial charge in [-0.25, -0.2) is 0 Å². The molecule has 218 valence electrons. The topological polar surface area (TPSA) is 99.2 Å². The molecule has 1 aromatic rings. The van der Waals surface area contributed by atoms with E-state index in [0.717, 1.165) is 37.6 Å². The van der Waals surface area contributed by atoms with Crippen LogP contribution in [0.4, 0.5) is 0 Å². The van der Waals surface area contributed by atoms with Crippen molar-refractivity contribution in [3.63, 3.8) is 0 Å². The van der Waals surface area contributed by atoms with Gasteiger partial charge < -0.3 is 38.4 Å². The SMILES string of the molecule is CCO[C@@H]1OC(C(=O)N2CCN(Cc3ccc4c(c3)OCO4)CC2)=C[C@H](C(C)C)[C@@H]1CCOCCOCCO. The molecule has 1 aromatic carbocycles. The number of amides is 1. The molecule has 3 heterocycles. The number of piperazine rings is 1. The van der Waals surface area contributed by atoms with Gasteiger partial charge in [0.1, 0.15) is 0 Å². The predicted octanol–water partition coefficient (Wildman–Crippen LogP) is 2.64. The van der Waals surface area contributed by atoms with Crippen molar-refractivity contribution in [2.24, 2.45) is 17.8 Å². The fraction of sp³-hybridized carbons (Fsp3) is 0.690. The molecule has 0 aliphatic carbocycles. The number of carbonyl (C=O) groups is 1. The van der Waals surface area contributed by atoms with Crippen molar-refractivity contribution in [1.82, 2.24) is 9.80 Å². The highest BCUT2D eigenvalue weighted by Crippen LogP contribution is 2.37. The number of aliphatic hydroxyl groups excluding tert-OH is 1. The average Bonchev–Trinajstić information content (AvgIpc) is 3.41. The van der Waals surface area contributed by atoms with E-state index in [1.54, 1.807) is 0 Å². The highest BCUT2D eigenvalue weighted by molar-refractivity contribution is 5.91. The number of ether oxygens (including phenoxy) is 6. The Balaban J connectivity index is 1.31. The molecule has 0 radical (unpaired) electrons. The fourth-order valence-corrected chi connectivity index (χ4v) is 5.36. The van der Waals surface area contributed by atoms with Gasteiger partial charge in [-0.05, 0) is 49.0 Å². The van der Waals surface area contributed by atoms with Crippen LogP contribution in [-0.4, -0.2) is 99.7 Å². The number of allylic oxidation sites excluding steroid dienone is 1. The Labute approximate surface area is 231 Å². The minimum absolute atomic E-state index is 0.00968. The number of carbonyl (C=O) groups excluding carboxylic acids is 1. The lowest BCUT2D eigenvalue weighted by atomic mass is 9.79. The van der Waals surface area contributed by atoms with E-state index in [4.69, 9.17) is 33.5 Å². The van der Waals surface area contributed by atoms with Crippen molar-refractivity contribution in [1.29, 1.82) is 0 Å². The van der Waals surface area contributed by atoms with Gasteiger partial charge in [-0.2, -0.15) is 0 Å². The Kier molecular flexibility index (Phi) is 11.3. The van der Waals surface area contributed by atoms with Gasteiger partial charge in [0.05, 0.1) is 26.4 Å². The third-order valence-corrected chi connectivity index (χ3v) is 7.45. The minimum Gasteiger partial charge on any atom is -0.459 e. The number of hydrogen-bond donors (Lipinski definition) is 1. The summed E-state index contributed by atoms with van der Waals surface area (Å²) >= 11 is 0. The second kappa shape index (κ2) is 14.9. The van der Waals surface area contributed by atoms with Crippen LogP contribution in [0.2, 0.25) is 0 Å². The Morgan fingerprint density at radius 1 is 1.05 bits per heavy atom. The van der Waals surface area contributed by atoms with Crippen molar-refractivity contribution < 1.29 is 38.3 Å². The summed E-state index contributed by atoms with van der Waals surface area (Å²) < 4.78 is 34.1. The van der Waals surface area contributed by atoms with E-state index in [1.165, 1.54) is 5.56 Å². The van der Waals surface area contributed by atoms with Crippen molar-refractivity contribution in [2.45, 2.75) is 40.0 Å². The maximum atomic E-state index is 13.5. The van der Waals surface area contributed by atoms with Crippen LogP contribution in [0.1, 0.15) is 32.8 Å². The molecule has 3 aliphatic rings. The van der Waals surface area contributed by atoms with Gasteiger partial charge in [-0.15, -0.1) is 0 Å². The van der Waals surface area contributed by atoms with Gasteiger partial charge in [0.25, 0.3) is 5.91 Å². The normalized spacial score (nSPS) is 23.2. The standard InChI is InChI=1S/C29H44N2O8/c1-4-36-29-23(7-13-34-15-16-35-14-12-32)24(21(2)3)18-27(39-29)28(33)31-10-8-30(9-11-31)19-22-5-6-25-26(17-22)38-20-37-25/h5-6,17-18,21,23-24,29,32H,4,7-16,19-20H2,1-3H3/t23-,24+,29+/m0/s1. The molecule has 0 bridgehead atoms. The number of hydrogen-bond acceptors (Lipinski definition) is 9. The van der Waals surface area contributed by atoms with E-state index in [0.29, 0.717) is 57.8 Å². The van der Waals surface area contributed by atoms with Crippen LogP contribution in [0.25, 0.3) is 0 Å². The fourth-order valence-electron chi connectivity index (χ4n) is 5.36. The second-order valence-corrected chi connectivity index (χ2v) is 10.5. The lowest BCUT2D eigenvalue weighted by Crippen LogP contribution is -2.50. The number of aliphatic hydroxyl groups is 1. The maximum Gasteiger partial charge on any atom is 0.288 e. The molecular weight excluding hydrogens is 504 g/mol. The van der Waals surface area contributed by atoms with E-state index in [2.05, 4.69) is 24.8 Å². The first-order chi connectivity index (χ1) is 19.0. The number of fused-ring (bicyclic) bond motifs is 1. The molecule has 0 spiro atoms. The minimum atomic E-state index is -0.493. The molecule has 3 atom stereocenters. The first-order valence-corrected chi connectivity index (χ1v) is 14.2. The Morgan fingerprint density at radius 3 is 2.51 bits per heavy atom. The lowest BCUT2D eigenvalue weighted by molar-refractivity contribution is -0.180. The molecule has 3 aliphatic heterocycles. The van der Waals surface area contributed by atoms with Crippen molar-refractivity contribution >= 4 is 5.91 Å². The number of nitrogens with zero attached hydrogens (tertiary/aromatic N) is 2. The Bertz CT molecular complexity index is 947.